The van der Waals surface area contributed by atoms with Crippen LogP contribution in [0.4, 0.5) is 0 Å². The van der Waals surface area contributed by atoms with E-state index in [0.717, 1.165) is 30.3 Å². The third-order valence-corrected chi connectivity index (χ3v) is 5.85. The molecule has 2 fully saturated rings. The molecule has 0 spiro atoms. The Bertz CT molecular complexity index is 207. The van der Waals surface area contributed by atoms with Gasteiger partial charge in [-0.15, -0.1) is 0 Å². The highest BCUT2D eigenvalue weighted by atomic mass is 32.2. The molecule has 0 amide bonds. The van der Waals surface area contributed by atoms with Crippen molar-refractivity contribution in [3.05, 3.63) is 0 Å². The van der Waals surface area contributed by atoms with Crippen molar-refractivity contribution in [3.8, 4) is 0 Å². The predicted molar refractivity (Wildman–Crippen MR) is 69.0 cm³/mol. The van der Waals surface area contributed by atoms with Gasteiger partial charge in [-0.2, -0.15) is 11.8 Å². The second-order valence-corrected chi connectivity index (χ2v) is 7.51. The van der Waals surface area contributed by atoms with Crippen molar-refractivity contribution in [2.24, 2.45) is 5.92 Å². The first-order valence-corrected chi connectivity index (χ1v) is 8.65. The number of thioether (sulfide) groups is 1. The van der Waals surface area contributed by atoms with Crippen LogP contribution in [0.2, 0.25) is 0 Å². The Morgan fingerprint density at radius 2 is 1.80 bits per heavy atom. The highest BCUT2D eigenvalue weighted by Crippen LogP contribution is 2.22. The molecule has 0 bridgehead atoms. The van der Waals surface area contributed by atoms with Crippen molar-refractivity contribution < 1.29 is 4.21 Å². The summed E-state index contributed by atoms with van der Waals surface area (Å²) in [6.07, 6.45) is 5.01. The molecule has 2 heterocycles. The standard InChI is InChI=1S/C11H21NOS2/c13-15-7-3-11(4-8-15)12-9-10-1-5-14-6-2-10/h10-12H,1-9H2. The molecule has 0 unspecified atom stereocenters. The van der Waals surface area contributed by atoms with E-state index in [1.54, 1.807) is 0 Å². The van der Waals surface area contributed by atoms with E-state index >= 15 is 0 Å². The van der Waals surface area contributed by atoms with E-state index in [-0.39, 0.29) is 0 Å². The Balaban J connectivity index is 1.62. The summed E-state index contributed by atoms with van der Waals surface area (Å²) in [6.45, 7) is 1.19. The molecular formula is C11H21NOS2. The third kappa shape index (κ3) is 4.08. The van der Waals surface area contributed by atoms with Gasteiger partial charge in [0.1, 0.15) is 0 Å². The van der Waals surface area contributed by atoms with Crippen LogP contribution in [0.3, 0.4) is 0 Å². The normalized spacial score (nSPS) is 34.1. The monoisotopic (exact) mass is 247 g/mol. The van der Waals surface area contributed by atoms with Crippen LogP contribution in [0, 0.1) is 5.92 Å². The van der Waals surface area contributed by atoms with Crippen molar-refractivity contribution in [2.75, 3.05) is 29.6 Å². The molecule has 2 aliphatic rings. The number of hydrogen-bond donors (Lipinski definition) is 1. The van der Waals surface area contributed by atoms with Gasteiger partial charge < -0.3 is 5.32 Å². The molecule has 0 aliphatic carbocycles. The van der Waals surface area contributed by atoms with Gasteiger partial charge in [-0.25, -0.2) is 0 Å². The van der Waals surface area contributed by atoms with E-state index in [4.69, 9.17) is 0 Å². The van der Waals surface area contributed by atoms with E-state index in [1.807, 2.05) is 0 Å². The average molecular weight is 247 g/mol. The Hall–Kier alpha value is 0.460. The number of rotatable bonds is 3. The van der Waals surface area contributed by atoms with Crippen molar-refractivity contribution in [1.82, 2.24) is 5.32 Å². The zero-order valence-corrected chi connectivity index (χ0v) is 10.9. The minimum atomic E-state index is -0.513. The smallest absolute Gasteiger partial charge is 0.0249 e. The summed E-state index contributed by atoms with van der Waals surface area (Å²) < 4.78 is 11.2. The zero-order valence-electron chi connectivity index (χ0n) is 9.24. The molecule has 0 aromatic rings. The van der Waals surface area contributed by atoms with Crippen LogP contribution in [-0.2, 0) is 10.8 Å². The van der Waals surface area contributed by atoms with E-state index < -0.39 is 10.8 Å². The maximum absolute atomic E-state index is 11.2. The average Bonchev–Trinajstić information content (AvgIpc) is 2.30. The predicted octanol–water partition coefficient (Wildman–Crippen LogP) is 1.63. The summed E-state index contributed by atoms with van der Waals surface area (Å²) in [5, 5.41) is 3.67. The van der Waals surface area contributed by atoms with Crippen LogP contribution in [0.1, 0.15) is 25.7 Å². The summed E-state index contributed by atoms with van der Waals surface area (Å²) in [5.74, 6) is 5.43. The van der Waals surface area contributed by atoms with E-state index in [1.165, 1.54) is 30.9 Å². The lowest BCUT2D eigenvalue weighted by Crippen LogP contribution is -2.39. The van der Waals surface area contributed by atoms with Crippen LogP contribution in [-0.4, -0.2) is 39.8 Å². The molecule has 15 heavy (non-hydrogen) atoms. The summed E-state index contributed by atoms with van der Waals surface area (Å²) in [4.78, 5) is 0. The van der Waals surface area contributed by atoms with E-state index in [0.29, 0.717) is 6.04 Å². The van der Waals surface area contributed by atoms with E-state index in [2.05, 4.69) is 17.1 Å². The van der Waals surface area contributed by atoms with Crippen molar-refractivity contribution in [1.29, 1.82) is 0 Å². The first-order valence-electron chi connectivity index (χ1n) is 6.00. The fraction of sp³-hybridized carbons (Fsp3) is 1.00. The maximum Gasteiger partial charge on any atom is 0.0249 e. The Morgan fingerprint density at radius 3 is 2.47 bits per heavy atom. The molecule has 0 radical (unpaired) electrons. The van der Waals surface area contributed by atoms with Gasteiger partial charge in [0.05, 0.1) is 0 Å². The topological polar surface area (TPSA) is 29.1 Å². The quantitative estimate of drug-likeness (QED) is 0.822. The van der Waals surface area contributed by atoms with Crippen molar-refractivity contribution in [3.63, 3.8) is 0 Å². The van der Waals surface area contributed by atoms with Gasteiger partial charge in [0, 0.05) is 28.3 Å². The minimum Gasteiger partial charge on any atom is -0.314 e. The fourth-order valence-corrected chi connectivity index (χ4v) is 4.78. The summed E-state index contributed by atoms with van der Waals surface area (Å²) in [6, 6.07) is 0.650. The van der Waals surface area contributed by atoms with Crippen LogP contribution in [0.25, 0.3) is 0 Å². The largest absolute Gasteiger partial charge is 0.314 e. The molecule has 0 atom stereocenters. The molecule has 4 heteroatoms. The molecular weight excluding hydrogens is 226 g/mol. The van der Waals surface area contributed by atoms with Gasteiger partial charge in [0.25, 0.3) is 0 Å². The van der Waals surface area contributed by atoms with Crippen LogP contribution < -0.4 is 5.32 Å². The van der Waals surface area contributed by atoms with E-state index in [9.17, 15) is 4.21 Å². The first-order chi connectivity index (χ1) is 7.34. The molecule has 2 nitrogen and oxygen atoms in total. The maximum atomic E-state index is 11.2. The van der Waals surface area contributed by atoms with Gasteiger partial charge in [0.15, 0.2) is 0 Å². The zero-order chi connectivity index (χ0) is 10.5. The van der Waals surface area contributed by atoms with Crippen molar-refractivity contribution in [2.45, 2.75) is 31.7 Å². The van der Waals surface area contributed by atoms with Gasteiger partial charge in [-0.05, 0) is 49.7 Å². The van der Waals surface area contributed by atoms with Gasteiger partial charge >= 0.3 is 0 Å². The Kier molecular flexibility index (Phi) is 4.98. The minimum absolute atomic E-state index is 0.513. The summed E-state index contributed by atoms with van der Waals surface area (Å²) >= 11 is 2.09. The summed E-state index contributed by atoms with van der Waals surface area (Å²) in [5.41, 5.74) is 0. The second kappa shape index (κ2) is 6.26. The fourth-order valence-electron chi connectivity index (χ4n) is 2.28. The van der Waals surface area contributed by atoms with Gasteiger partial charge in [-0.1, -0.05) is 0 Å². The molecule has 1 N–H and O–H groups in total. The molecule has 2 aliphatic heterocycles. The lowest BCUT2D eigenvalue weighted by atomic mass is 10.0. The van der Waals surface area contributed by atoms with Gasteiger partial charge in [0.2, 0.25) is 0 Å². The third-order valence-electron chi connectivity index (χ3n) is 3.42. The molecule has 2 rings (SSSR count). The second-order valence-electron chi connectivity index (χ2n) is 4.59. The lowest BCUT2D eigenvalue weighted by molar-refractivity contribution is 0.391. The number of hydrogen-bond acceptors (Lipinski definition) is 3. The van der Waals surface area contributed by atoms with Crippen molar-refractivity contribution >= 4 is 22.6 Å². The van der Waals surface area contributed by atoms with Crippen LogP contribution in [0.5, 0.6) is 0 Å². The number of nitrogens with one attached hydrogen (secondary N) is 1. The molecule has 0 aromatic heterocycles. The molecule has 2 saturated heterocycles. The van der Waals surface area contributed by atoms with Crippen LogP contribution >= 0.6 is 11.8 Å². The highest BCUT2D eigenvalue weighted by Gasteiger charge is 2.19. The highest BCUT2D eigenvalue weighted by molar-refractivity contribution is 7.99. The Labute approximate surface area is 99.4 Å². The SMILES string of the molecule is O=S1CCC(NCC2CCSCC2)CC1. The molecule has 0 saturated carbocycles. The molecule has 0 aromatic carbocycles. The first kappa shape index (κ1) is 11.9. The summed E-state index contributed by atoms with van der Waals surface area (Å²) in [7, 11) is -0.513. The Morgan fingerprint density at radius 1 is 1.13 bits per heavy atom. The molecule has 88 valence electrons. The lowest BCUT2D eigenvalue weighted by Gasteiger charge is -2.27. The van der Waals surface area contributed by atoms with Gasteiger partial charge in [-0.3, -0.25) is 4.21 Å². The van der Waals surface area contributed by atoms with Crippen LogP contribution in [0.15, 0.2) is 0 Å².